The minimum Gasteiger partial charge on any atom is -0.329 e. The summed E-state index contributed by atoms with van der Waals surface area (Å²) in [6.07, 6.45) is 0. The van der Waals surface area contributed by atoms with E-state index in [1.165, 1.54) is 43.8 Å². The van der Waals surface area contributed by atoms with E-state index in [0.717, 1.165) is 39.3 Å². The fourth-order valence-corrected chi connectivity index (χ4v) is 5.16. The average molecular weight is 425 g/mol. The summed E-state index contributed by atoms with van der Waals surface area (Å²) in [7, 11) is 0. The number of hydrogen-bond donors (Lipinski definition) is 2. The summed E-state index contributed by atoms with van der Waals surface area (Å²) in [6.45, 7) is 6.61. The van der Waals surface area contributed by atoms with Crippen LogP contribution in [0.2, 0.25) is 0 Å². The standard InChI is InChI=1S/C28H32N4/c29-13-15-31-17-21-9-11-22(12-10-21)18-32(16-14-30)20-28-24-6-2-1-5-23(24)27(19-31)25-7-3-4-8-26(25)28/h1-12H,13-20,29-30H2. The molecule has 4 aromatic carbocycles. The lowest BCUT2D eigenvalue weighted by Crippen LogP contribution is -2.30. The Bertz CT molecular complexity index is 1060. The van der Waals surface area contributed by atoms with Crippen LogP contribution in [0.4, 0.5) is 0 Å². The van der Waals surface area contributed by atoms with Crippen LogP contribution in [-0.2, 0) is 26.2 Å². The minimum atomic E-state index is 0.653. The number of benzene rings is 4. The molecular weight excluding hydrogens is 392 g/mol. The van der Waals surface area contributed by atoms with Crippen LogP contribution in [0.25, 0.3) is 21.5 Å². The van der Waals surface area contributed by atoms with Crippen molar-refractivity contribution in [3.63, 3.8) is 0 Å². The molecule has 4 nitrogen and oxygen atoms in total. The van der Waals surface area contributed by atoms with Gasteiger partial charge in [0.15, 0.2) is 0 Å². The fourth-order valence-electron chi connectivity index (χ4n) is 5.16. The Morgan fingerprint density at radius 3 is 1.16 bits per heavy atom. The lowest BCUT2D eigenvalue weighted by molar-refractivity contribution is 0.262. The molecule has 0 amide bonds. The van der Waals surface area contributed by atoms with Crippen molar-refractivity contribution in [2.75, 3.05) is 26.2 Å². The van der Waals surface area contributed by atoms with Crippen LogP contribution in [0, 0.1) is 0 Å². The fraction of sp³-hybridized carbons (Fsp3) is 0.286. The number of nitrogens with zero attached hydrogens (tertiary/aromatic N) is 2. The zero-order chi connectivity index (χ0) is 21.9. The Morgan fingerprint density at radius 1 is 0.500 bits per heavy atom. The molecular formula is C28H32N4. The normalized spacial score (nSPS) is 15.6. The lowest BCUT2D eigenvalue weighted by Gasteiger charge is -2.28. The van der Waals surface area contributed by atoms with Crippen molar-refractivity contribution in [3.8, 4) is 0 Å². The molecule has 4 aliphatic rings. The van der Waals surface area contributed by atoms with E-state index >= 15 is 0 Å². The molecule has 4 N–H and O–H groups in total. The van der Waals surface area contributed by atoms with Gasteiger partial charge in [-0.2, -0.15) is 0 Å². The average Bonchev–Trinajstić information content (AvgIpc) is 2.82. The van der Waals surface area contributed by atoms with E-state index in [9.17, 15) is 0 Å². The van der Waals surface area contributed by atoms with E-state index in [4.69, 9.17) is 11.5 Å². The Labute approximate surface area is 190 Å². The molecule has 0 atom stereocenters. The van der Waals surface area contributed by atoms with Gasteiger partial charge in [0.2, 0.25) is 0 Å². The quantitative estimate of drug-likeness (QED) is 0.482. The highest BCUT2D eigenvalue weighted by Gasteiger charge is 2.19. The van der Waals surface area contributed by atoms with Crippen molar-refractivity contribution in [3.05, 3.63) is 95.1 Å². The second-order valence-electron chi connectivity index (χ2n) is 8.86. The van der Waals surface area contributed by atoms with E-state index in [-0.39, 0.29) is 0 Å². The van der Waals surface area contributed by atoms with E-state index in [1.807, 2.05) is 0 Å². The largest absolute Gasteiger partial charge is 0.329 e. The molecule has 8 rings (SSSR count). The lowest BCUT2D eigenvalue weighted by atomic mass is 9.90. The first-order chi connectivity index (χ1) is 15.8. The third-order valence-corrected chi connectivity index (χ3v) is 6.64. The predicted molar refractivity (Wildman–Crippen MR) is 134 cm³/mol. The summed E-state index contributed by atoms with van der Waals surface area (Å²) in [5.41, 5.74) is 17.5. The summed E-state index contributed by atoms with van der Waals surface area (Å²) in [5, 5.41) is 5.40. The van der Waals surface area contributed by atoms with Gasteiger partial charge in [0.05, 0.1) is 0 Å². The van der Waals surface area contributed by atoms with Gasteiger partial charge < -0.3 is 11.5 Å². The van der Waals surface area contributed by atoms with Crippen molar-refractivity contribution in [2.24, 2.45) is 11.5 Å². The van der Waals surface area contributed by atoms with Gasteiger partial charge in [0.1, 0.15) is 0 Å². The van der Waals surface area contributed by atoms with Crippen LogP contribution in [-0.4, -0.2) is 36.0 Å². The van der Waals surface area contributed by atoms with Crippen LogP contribution in [0.3, 0.4) is 0 Å². The maximum Gasteiger partial charge on any atom is 0.0250 e. The van der Waals surface area contributed by atoms with Gasteiger partial charge in [0.25, 0.3) is 0 Å². The van der Waals surface area contributed by atoms with Crippen molar-refractivity contribution < 1.29 is 0 Å². The monoisotopic (exact) mass is 424 g/mol. The second kappa shape index (κ2) is 9.39. The van der Waals surface area contributed by atoms with E-state index in [1.54, 1.807) is 0 Å². The summed E-state index contributed by atoms with van der Waals surface area (Å²) in [4.78, 5) is 4.96. The van der Waals surface area contributed by atoms with Gasteiger partial charge in [0, 0.05) is 52.4 Å². The zero-order valence-corrected chi connectivity index (χ0v) is 18.6. The zero-order valence-electron chi connectivity index (χ0n) is 18.6. The molecule has 4 heteroatoms. The predicted octanol–water partition coefficient (Wildman–Crippen LogP) is 4.23. The molecule has 0 spiro atoms. The molecule has 32 heavy (non-hydrogen) atoms. The topological polar surface area (TPSA) is 58.5 Å². The van der Waals surface area contributed by atoms with E-state index in [0.29, 0.717) is 13.1 Å². The molecule has 4 aromatic rings. The highest BCUT2D eigenvalue weighted by Crippen LogP contribution is 2.35. The Hall–Kier alpha value is -2.76. The maximum atomic E-state index is 6.03. The van der Waals surface area contributed by atoms with Gasteiger partial charge >= 0.3 is 0 Å². The van der Waals surface area contributed by atoms with Crippen molar-refractivity contribution in [2.45, 2.75) is 26.2 Å². The summed E-state index contributed by atoms with van der Waals surface area (Å²) < 4.78 is 0. The Balaban J connectivity index is 1.76. The SMILES string of the molecule is NCCN1Cc2ccc(cc2)CN(CCN)Cc2c3ccccc3c(c3ccccc23)C1. The van der Waals surface area contributed by atoms with Crippen molar-refractivity contribution in [1.82, 2.24) is 9.80 Å². The van der Waals surface area contributed by atoms with Gasteiger partial charge in [-0.25, -0.2) is 0 Å². The first-order valence-corrected chi connectivity index (χ1v) is 11.6. The maximum absolute atomic E-state index is 6.03. The molecule has 0 fully saturated rings. The van der Waals surface area contributed by atoms with Crippen molar-refractivity contribution in [1.29, 1.82) is 0 Å². The van der Waals surface area contributed by atoms with Crippen molar-refractivity contribution >= 4 is 21.5 Å². The molecule has 0 saturated heterocycles. The second-order valence-corrected chi connectivity index (χ2v) is 8.86. The van der Waals surface area contributed by atoms with Crippen LogP contribution in [0.15, 0.2) is 72.8 Å². The molecule has 164 valence electrons. The Morgan fingerprint density at radius 2 is 0.844 bits per heavy atom. The molecule has 4 aliphatic heterocycles. The van der Waals surface area contributed by atoms with Crippen LogP contribution in [0.1, 0.15) is 22.3 Å². The molecule has 4 bridgehead atoms. The Kier molecular flexibility index (Phi) is 6.19. The van der Waals surface area contributed by atoms with Gasteiger partial charge in [-0.1, -0.05) is 72.8 Å². The minimum absolute atomic E-state index is 0.653. The van der Waals surface area contributed by atoms with Crippen LogP contribution in [0.5, 0.6) is 0 Å². The molecule has 4 heterocycles. The summed E-state index contributed by atoms with van der Waals surface area (Å²) in [6, 6.07) is 26.9. The molecule has 0 unspecified atom stereocenters. The molecule has 0 aliphatic carbocycles. The van der Waals surface area contributed by atoms with Gasteiger partial charge in [-0.05, 0) is 43.8 Å². The highest BCUT2D eigenvalue weighted by molar-refractivity contribution is 6.05. The molecule has 0 radical (unpaired) electrons. The third-order valence-electron chi connectivity index (χ3n) is 6.64. The first-order valence-electron chi connectivity index (χ1n) is 11.6. The number of rotatable bonds is 4. The molecule has 0 aromatic heterocycles. The smallest absolute Gasteiger partial charge is 0.0250 e. The first kappa shape index (κ1) is 21.1. The third kappa shape index (κ3) is 4.15. The number of hydrogen-bond acceptors (Lipinski definition) is 4. The highest BCUT2D eigenvalue weighted by atomic mass is 15.1. The van der Waals surface area contributed by atoms with E-state index < -0.39 is 0 Å². The summed E-state index contributed by atoms with van der Waals surface area (Å²) in [5.74, 6) is 0. The molecule has 0 saturated carbocycles. The van der Waals surface area contributed by atoms with Gasteiger partial charge in [-0.3, -0.25) is 9.80 Å². The van der Waals surface area contributed by atoms with Crippen LogP contribution < -0.4 is 11.5 Å². The van der Waals surface area contributed by atoms with E-state index in [2.05, 4.69) is 82.6 Å². The number of nitrogens with two attached hydrogens (primary N) is 2. The van der Waals surface area contributed by atoms with Gasteiger partial charge in [-0.15, -0.1) is 0 Å². The summed E-state index contributed by atoms with van der Waals surface area (Å²) >= 11 is 0. The van der Waals surface area contributed by atoms with Crippen LogP contribution >= 0.6 is 0 Å².